The Bertz CT molecular complexity index is 605. The highest BCUT2D eigenvalue weighted by atomic mass is 32.1. The van der Waals surface area contributed by atoms with Gasteiger partial charge in [0.2, 0.25) is 0 Å². The topological polar surface area (TPSA) is 60.2 Å². The highest BCUT2D eigenvalue weighted by Gasteiger charge is 2.18. The molecule has 2 heterocycles. The zero-order valence-electron chi connectivity index (χ0n) is 12.1. The van der Waals surface area contributed by atoms with Crippen LogP contribution in [0.2, 0.25) is 0 Å². The molecule has 0 spiro atoms. The summed E-state index contributed by atoms with van der Waals surface area (Å²) in [5.41, 5.74) is 0.401. The Kier molecular flexibility index (Phi) is 4.39. The van der Waals surface area contributed by atoms with Crippen molar-refractivity contribution in [3.8, 4) is 0 Å². The second-order valence-electron chi connectivity index (χ2n) is 4.43. The lowest BCUT2D eigenvalue weighted by Crippen LogP contribution is -2.19. The lowest BCUT2D eigenvalue weighted by Gasteiger charge is -2.15. The molecule has 0 bridgehead atoms. The number of rotatable bonds is 5. The Morgan fingerprint density at radius 1 is 1.55 bits per heavy atom. The van der Waals surface area contributed by atoms with Crippen molar-refractivity contribution < 1.29 is 9.53 Å². The second-order valence-corrected chi connectivity index (χ2v) is 5.61. The SMILES string of the molecule is CCOC(=O)c1nc(N(C)Cc2nccn2C)sc1C. The molecule has 0 atom stereocenters. The number of anilines is 1. The smallest absolute Gasteiger partial charge is 0.358 e. The minimum atomic E-state index is -0.363. The number of thiazole rings is 1. The highest BCUT2D eigenvalue weighted by Crippen LogP contribution is 2.26. The van der Waals surface area contributed by atoms with Gasteiger partial charge in [-0.15, -0.1) is 11.3 Å². The average Bonchev–Trinajstić information content (AvgIpc) is 2.97. The first-order valence-electron chi connectivity index (χ1n) is 6.34. The summed E-state index contributed by atoms with van der Waals surface area (Å²) in [5.74, 6) is 0.580. The summed E-state index contributed by atoms with van der Waals surface area (Å²) < 4.78 is 6.96. The van der Waals surface area contributed by atoms with Crippen LogP contribution in [-0.4, -0.2) is 34.2 Å². The van der Waals surface area contributed by atoms with E-state index in [4.69, 9.17) is 4.74 Å². The fourth-order valence-electron chi connectivity index (χ4n) is 1.76. The Balaban J connectivity index is 2.15. The fraction of sp³-hybridized carbons (Fsp3) is 0.462. The molecule has 2 aromatic heterocycles. The van der Waals surface area contributed by atoms with Crippen molar-refractivity contribution in [3.05, 3.63) is 28.8 Å². The molecule has 0 saturated carbocycles. The second kappa shape index (κ2) is 6.04. The first-order chi connectivity index (χ1) is 9.52. The molecule has 0 aliphatic heterocycles. The molecular weight excluding hydrogens is 276 g/mol. The van der Waals surface area contributed by atoms with Crippen molar-refractivity contribution in [2.45, 2.75) is 20.4 Å². The van der Waals surface area contributed by atoms with E-state index in [-0.39, 0.29) is 5.97 Å². The molecule has 0 amide bonds. The Morgan fingerprint density at radius 2 is 2.30 bits per heavy atom. The van der Waals surface area contributed by atoms with Crippen LogP contribution < -0.4 is 4.90 Å². The number of aromatic nitrogens is 3. The monoisotopic (exact) mass is 294 g/mol. The molecule has 20 heavy (non-hydrogen) atoms. The molecule has 0 aliphatic carbocycles. The molecule has 0 aliphatic rings. The lowest BCUT2D eigenvalue weighted by molar-refractivity contribution is 0.0519. The van der Waals surface area contributed by atoms with E-state index in [1.54, 1.807) is 13.1 Å². The van der Waals surface area contributed by atoms with Crippen LogP contribution >= 0.6 is 11.3 Å². The standard InChI is InChI=1S/C13H18N4O2S/c1-5-19-12(18)11-9(2)20-13(15-11)17(4)8-10-14-6-7-16(10)3/h6-7H,5,8H2,1-4H3. The van der Waals surface area contributed by atoms with Crippen molar-refractivity contribution in [1.82, 2.24) is 14.5 Å². The van der Waals surface area contributed by atoms with Gasteiger partial charge >= 0.3 is 5.97 Å². The van der Waals surface area contributed by atoms with Crippen molar-refractivity contribution in [3.63, 3.8) is 0 Å². The molecule has 0 N–H and O–H groups in total. The quantitative estimate of drug-likeness (QED) is 0.789. The lowest BCUT2D eigenvalue weighted by atomic mass is 10.4. The summed E-state index contributed by atoms with van der Waals surface area (Å²) in [4.78, 5) is 23.3. The summed E-state index contributed by atoms with van der Waals surface area (Å²) in [6.45, 7) is 4.66. The molecule has 0 fully saturated rings. The summed E-state index contributed by atoms with van der Waals surface area (Å²) in [6.07, 6.45) is 3.67. The van der Waals surface area contributed by atoms with Crippen LogP contribution in [0.25, 0.3) is 0 Å². The van der Waals surface area contributed by atoms with Crippen molar-refractivity contribution in [1.29, 1.82) is 0 Å². The number of ether oxygens (including phenoxy) is 1. The number of carbonyl (C=O) groups excluding carboxylic acids is 1. The first kappa shape index (κ1) is 14.5. The number of aryl methyl sites for hydroxylation is 2. The van der Waals surface area contributed by atoms with Gasteiger partial charge in [-0.05, 0) is 13.8 Å². The number of esters is 1. The van der Waals surface area contributed by atoms with Gasteiger partial charge in [-0.2, -0.15) is 0 Å². The van der Waals surface area contributed by atoms with Gasteiger partial charge in [-0.3, -0.25) is 0 Å². The zero-order chi connectivity index (χ0) is 14.7. The molecule has 0 unspecified atom stereocenters. The third-order valence-electron chi connectivity index (χ3n) is 2.88. The Labute approximate surface area is 122 Å². The minimum absolute atomic E-state index is 0.355. The molecule has 2 aromatic rings. The van der Waals surface area contributed by atoms with Gasteiger partial charge in [-0.25, -0.2) is 14.8 Å². The van der Waals surface area contributed by atoms with Gasteiger partial charge < -0.3 is 14.2 Å². The molecule has 0 aromatic carbocycles. The number of hydrogen-bond acceptors (Lipinski definition) is 6. The predicted octanol–water partition coefficient (Wildman–Crippen LogP) is 2.00. The van der Waals surface area contributed by atoms with Gasteiger partial charge in [0.25, 0.3) is 0 Å². The van der Waals surface area contributed by atoms with E-state index < -0.39 is 0 Å². The van der Waals surface area contributed by atoms with Crippen LogP contribution in [-0.2, 0) is 18.3 Å². The Hall–Kier alpha value is -1.89. The van der Waals surface area contributed by atoms with E-state index in [0.717, 1.165) is 15.8 Å². The van der Waals surface area contributed by atoms with E-state index >= 15 is 0 Å². The molecule has 2 rings (SSSR count). The van der Waals surface area contributed by atoms with Gasteiger partial charge in [0.15, 0.2) is 10.8 Å². The van der Waals surface area contributed by atoms with Crippen molar-refractivity contribution in [2.75, 3.05) is 18.6 Å². The zero-order valence-corrected chi connectivity index (χ0v) is 12.9. The van der Waals surface area contributed by atoms with Crippen LogP contribution in [0.15, 0.2) is 12.4 Å². The summed E-state index contributed by atoms with van der Waals surface area (Å²) in [6, 6.07) is 0. The summed E-state index contributed by atoms with van der Waals surface area (Å²) in [5, 5.41) is 0.786. The maximum atomic E-state index is 11.8. The van der Waals surface area contributed by atoms with Crippen LogP contribution in [0.4, 0.5) is 5.13 Å². The molecule has 0 radical (unpaired) electrons. The molecule has 108 valence electrons. The Morgan fingerprint density at radius 3 is 2.90 bits per heavy atom. The van der Waals surface area contributed by atoms with Gasteiger partial charge in [-0.1, -0.05) is 0 Å². The van der Waals surface area contributed by atoms with E-state index in [1.165, 1.54) is 11.3 Å². The largest absolute Gasteiger partial charge is 0.461 e. The number of nitrogens with zero attached hydrogens (tertiary/aromatic N) is 4. The number of imidazole rings is 1. The first-order valence-corrected chi connectivity index (χ1v) is 7.16. The number of carbonyl (C=O) groups is 1. The average molecular weight is 294 g/mol. The van der Waals surface area contributed by atoms with E-state index in [2.05, 4.69) is 9.97 Å². The van der Waals surface area contributed by atoms with E-state index in [9.17, 15) is 4.79 Å². The van der Waals surface area contributed by atoms with Crippen molar-refractivity contribution in [2.24, 2.45) is 7.05 Å². The van der Waals surface area contributed by atoms with Crippen LogP contribution in [0, 0.1) is 6.92 Å². The molecule has 7 heteroatoms. The van der Waals surface area contributed by atoms with Gasteiger partial charge in [0, 0.05) is 31.4 Å². The molecule has 0 saturated heterocycles. The van der Waals surface area contributed by atoms with Crippen LogP contribution in [0.5, 0.6) is 0 Å². The maximum Gasteiger partial charge on any atom is 0.358 e. The maximum absolute atomic E-state index is 11.8. The minimum Gasteiger partial charge on any atom is -0.461 e. The van der Waals surface area contributed by atoms with E-state index in [0.29, 0.717) is 18.8 Å². The summed E-state index contributed by atoms with van der Waals surface area (Å²) in [7, 11) is 3.88. The van der Waals surface area contributed by atoms with Gasteiger partial charge in [0.05, 0.1) is 13.2 Å². The number of hydrogen-bond donors (Lipinski definition) is 0. The van der Waals surface area contributed by atoms with Crippen LogP contribution in [0.3, 0.4) is 0 Å². The van der Waals surface area contributed by atoms with Crippen molar-refractivity contribution >= 4 is 22.4 Å². The predicted molar refractivity (Wildman–Crippen MR) is 78.1 cm³/mol. The summed E-state index contributed by atoms with van der Waals surface area (Å²) >= 11 is 1.48. The van der Waals surface area contributed by atoms with E-state index in [1.807, 2.05) is 36.7 Å². The molecule has 6 nitrogen and oxygen atoms in total. The molecular formula is C13H18N4O2S. The third kappa shape index (κ3) is 2.98. The third-order valence-corrected chi connectivity index (χ3v) is 3.97. The van der Waals surface area contributed by atoms with Crippen LogP contribution in [0.1, 0.15) is 28.1 Å². The highest BCUT2D eigenvalue weighted by molar-refractivity contribution is 7.15. The van der Waals surface area contributed by atoms with Gasteiger partial charge in [0.1, 0.15) is 5.82 Å². The normalized spacial score (nSPS) is 10.6. The fourth-order valence-corrected chi connectivity index (χ4v) is 2.62.